The van der Waals surface area contributed by atoms with E-state index in [-0.39, 0.29) is 11.6 Å². The van der Waals surface area contributed by atoms with Crippen LogP contribution in [0.4, 0.5) is 24.5 Å². The third-order valence-electron chi connectivity index (χ3n) is 4.60. The Balaban J connectivity index is 1.60. The molecule has 1 atom stereocenters. The topological polar surface area (TPSA) is 58.2 Å². The summed E-state index contributed by atoms with van der Waals surface area (Å²) < 4.78 is 39.3. The number of alkyl halides is 3. The van der Waals surface area contributed by atoms with Crippen molar-refractivity contribution >= 4 is 35.0 Å². The van der Waals surface area contributed by atoms with Gasteiger partial charge in [0.25, 0.3) is 5.91 Å². The van der Waals surface area contributed by atoms with Crippen molar-refractivity contribution in [1.29, 1.82) is 0 Å². The molecule has 3 aromatic rings. The second kappa shape index (κ2) is 9.91. The fraction of sp³-hybridized carbons (Fsp3) is 0.167. The standard InChI is InChI=1S/C24H21F3N2O2S/c1-15-7-9-17(10-8-15)23(31)28-18-11-13-19(14-12-18)32-16(2)22(30)29-21-6-4-3-5-20(21)24(25,26)27/h3-14,16H,1-2H3,(H,28,31)(H,29,30). The van der Waals surface area contributed by atoms with Gasteiger partial charge in [-0.1, -0.05) is 29.8 Å². The van der Waals surface area contributed by atoms with E-state index in [4.69, 9.17) is 0 Å². The number of nitrogens with one attached hydrogen (secondary N) is 2. The molecule has 0 saturated heterocycles. The number of carbonyl (C=O) groups is 2. The molecule has 2 amide bonds. The molecule has 0 aliphatic heterocycles. The Kier molecular flexibility index (Phi) is 7.25. The second-order valence-corrected chi connectivity index (χ2v) is 8.55. The average molecular weight is 459 g/mol. The van der Waals surface area contributed by atoms with Crippen LogP contribution in [0.25, 0.3) is 0 Å². The van der Waals surface area contributed by atoms with Crippen molar-refractivity contribution in [2.24, 2.45) is 0 Å². The van der Waals surface area contributed by atoms with Gasteiger partial charge in [-0.2, -0.15) is 13.2 Å². The van der Waals surface area contributed by atoms with Crippen LogP contribution in [0.15, 0.2) is 77.7 Å². The molecule has 166 valence electrons. The van der Waals surface area contributed by atoms with Gasteiger partial charge in [0.1, 0.15) is 0 Å². The Morgan fingerprint density at radius 2 is 1.50 bits per heavy atom. The molecule has 3 aromatic carbocycles. The molecule has 0 heterocycles. The number of aryl methyl sites for hydroxylation is 1. The fourth-order valence-electron chi connectivity index (χ4n) is 2.86. The number of rotatable bonds is 6. The summed E-state index contributed by atoms with van der Waals surface area (Å²) in [4.78, 5) is 25.5. The van der Waals surface area contributed by atoms with Crippen LogP contribution in [-0.4, -0.2) is 17.1 Å². The van der Waals surface area contributed by atoms with Crippen LogP contribution in [0.5, 0.6) is 0 Å². The Hall–Kier alpha value is -3.26. The number of amides is 2. The molecular formula is C24H21F3N2O2S. The van der Waals surface area contributed by atoms with Crippen molar-refractivity contribution in [2.45, 2.75) is 30.2 Å². The van der Waals surface area contributed by atoms with Crippen molar-refractivity contribution in [2.75, 3.05) is 10.6 Å². The summed E-state index contributed by atoms with van der Waals surface area (Å²) in [6.07, 6.45) is -4.56. The molecule has 0 aliphatic carbocycles. The zero-order valence-corrected chi connectivity index (χ0v) is 18.2. The van der Waals surface area contributed by atoms with Gasteiger partial charge in [0.05, 0.1) is 16.5 Å². The van der Waals surface area contributed by atoms with E-state index in [1.54, 1.807) is 43.3 Å². The van der Waals surface area contributed by atoms with Crippen LogP contribution < -0.4 is 10.6 Å². The van der Waals surface area contributed by atoms with Crippen molar-refractivity contribution in [3.8, 4) is 0 Å². The highest BCUT2D eigenvalue weighted by atomic mass is 32.2. The Morgan fingerprint density at radius 3 is 2.12 bits per heavy atom. The quantitative estimate of drug-likeness (QED) is 0.421. The summed E-state index contributed by atoms with van der Waals surface area (Å²) in [6.45, 7) is 3.55. The van der Waals surface area contributed by atoms with Gasteiger partial charge in [-0.3, -0.25) is 9.59 Å². The lowest BCUT2D eigenvalue weighted by molar-refractivity contribution is -0.137. The van der Waals surface area contributed by atoms with Crippen molar-refractivity contribution in [3.05, 3.63) is 89.5 Å². The first-order valence-electron chi connectivity index (χ1n) is 9.75. The summed E-state index contributed by atoms with van der Waals surface area (Å²) in [5, 5.41) is 4.52. The van der Waals surface area contributed by atoms with Crippen molar-refractivity contribution < 1.29 is 22.8 Å². The summed E-state index contributed by atoms with van der Waals surface area (Å²) >= 11 is 1.20. The molecule has 1 unspecified atom stereocenters. The van der Waals surface area contributed by atoms with E-state index in [2.05, 4.69) is 10.6 Å². The molecule has 0 radical (unpaired) electrons. The number of para-hydroxylation sites is 1. The van der Waals surface area contributed by atoms with E-state index in [9.17, 15) is 22.8 Å². The van der Waals surface area contributed by atoms with E-state index >= 15 is 0 Å². The van der Waals surface area contributed by atoms with E-state index in [1.165, 1.54) is 30.0 Å². The van der Waals surface area contributed by atoms with Gasteiger partial charge in [-0.15, -0.1) is 11.8 Å². The molecule has 0 bridgehead atoms. The highest BCUT2D eigenvalue weighted by Gasteiger charge is 2.33. The molecule has 2 N–H and O–H groups in total. The highest BCUT2D eigenvalue weighted by Crippen LogP contribution is 2.35. The Morgan fingerprint density at radius 1 is 0.875 bits per heavy atom. The zero-order valence-electron chi connectivity index (χ0n) is 17.4. The molecular weight excluding hydrogens is 437 g/mol. The first-order valence-corrected chi connectivity index (χ1v) is 10.6. The lowest BCUT2D eigenvalue weighted by Crippen LogP contribution is -2.24. The minimum Gasteiger partial charge on any atom is -0.325 e. The second-order valence-electron chi connectivity index (χ2n) is 7.14. The zero-order chi connectivity index (χ0) is 23.3. The minimum absolute atomic E-state index is 0.235. The van der Waals surface area contributed by atoms with Crippen molar-refractivity contribution in [1.82, 2.24) is 0 Å². The number of halogens is 3. The van der Waals surface area contributed by atoms with Crippen molar-refractivity contribution in [3.63, 3.8) is 0 Å². The molecule has 0 aromatic heterocycles. The minimum atomic E-state index is -4.56. The lowest BCUT2D eigenvalue weighted by atomic mass is 10.1. The maximum absolute atomic E-state index is 13.1. The van der Waals surface area contributed by atoms with Crippen LogP contribution in [0.1, 0.15) is 28.4 Å². The SMILES string of the molecule is Cc1ccc(C(=O)Nc2ccc(SC(C)C(=O)Nc3ccccc3C(F)(F)F)cc2)cc1. The van der Waals surface area contributed by atoms with Gasteiger partial charge in [0.15, 0.2) is 0 Å². The summed E-state index contributed by atoms with van der Waals surface area (Å²) in [7, 11) is 0. The van der Waals surface area contributed by atoms with Crippen LogP contribution in [-0.2, 0) is 11.0 Å². The average Bonchev–Trinajstić information content (AvgIpc) is 2.75. The molecule has 32 heavy (non-hydrogen) atoms. The first-order chi connectivity index (χ1) is 15.1. The van der Waals surface area contributed by atoms with Gasteiger partial charge >= 0.3 is 6.18 Å². The first kappa shape index (κ1) is 23.4. The maximum atomic E-state index is 13.1. The largest absolute Gasteiger partial charge is 0.418 e. The molecule has 4 nitrogen and oxygen atoms in total. The van der Waals surface area contributed by atoms with E-state index in [1.807, 2.05) is 19.1 Å². The van der Waals surface area contributed by atoms with Gasteiger partial charge in [0, 0.05) is 16.1 Å². The molecule has 8 heteroatoms. The van der Waals surface area contributed by atoms with Gasteiger partial charge in [0.2, 0.25) is 5.91 Å². The number of thioether (sulfide) groups is 1. The molecule has 0 spiro atoms. The lowest BCUT2D eigenvalue weighted by Gasteiger charge is -2.16. The molecule has 3 rings (SSSR count). The van der Waals surface area contributed by atoms with Crippen LogP contribution >= 0.6 is 11.8 Å². The number of carbonyl (C=O) groups excluding carboxylic acids is 2. The number of benzene rings is 3. The van der Waals surface area contributed by atoms with E-state index < -0.39 is 22.9 Å². The van der Waals surface area contributed by atoms with Crippen LogP contribution in [0.2, 0.25) is 0 Å². The third kappa shape index (κ3) is 6.13. The Labute approximate surface area is 188 Å². The monoisotopic (exact) mass is 458 g/mol. The maximum Gasteiger partial charge on any atom is 0.418 e. The number of hydrogen-bond donors (Lipinski definition) is 2. The summed E-state index contributed by atoms with van der Waals surface area (Å²) in [5.41, 5.74) is 1.03. The normalized spacial score (nSPS) is 12.2. The van der Waals surface area contributed by atoms with Crippen LogP contribution in [0.3, 0.4) is 0 Å². The fourth-order valence-corrected chi connectivity index (χ4v) is 3.72. The number of anilines is 2. The van der Waals surface area contributed by atoms with Crippen LogP contribution in [0, 0.1) is 6.92 Å². The summed E-state index contributed by atoms with van der Waals surface area (Å²) in [6, 6.07) is 18.9. The van der Waals surface area contributed by atoms with Gasteiger partial charge in [-0.25, -0.2) is 0 Å². The summed E-state index contributed by atoms with van der Waals surface area (Å²) in [5.74, 6) is -0.773. The predicted octanol–water partition coefficient (Wildman–Crippen LogP) is 6.39. The molecule has 0 fully saturated rings. The Bertz CT molecular complexity index is 1100. The number of hydrogen-bond acceptors (Lipinski definition) is 3. The van der Waals surface area contributed by atoms with Gasteiger partial charge in [-0.05, 0) is 62.4 Å². The third-order valence-corrected chi connectivity index (χ3v) is 5.71. The predicted molar refractivity (Wildman–Crippen MR) is 121 cm³/mol. The van der Waals surface area contributed by atoms with E-state index in [0.29, 0.717) is 11.3 Å². The highest BCUT2D eigenvalue weighted by molar-refractivity contribution is 8.00. The smallest absolute Gasteiger partial charge is 0.325 e. The molecule has 0 aliphatic rings. The van der Waals surface area contributed by atoms with E-state index in [0.717, 1.165) is 16.5 Å². The van der Waals surface area contributed by atoms with Gasteiger partial charge < -0.3 is 10.6 Å². The molecule has 0 saturated carbocycles.